The van der Waals surface area contributed by atoms with Crippen molar-refractivity contribution in [2.45, 2.75) is 11.8 Å². The van der Waals surface area contributed by atoms with E-state index in [1.807, 2.05) is 12.1 Å². The number of carbonyl (C=O) groups is 2. The first kappa shape index (κ1) is 17.5. The van der Waals surface area contributed by atoms with E-state index < -0.39 is 4.92 Å². The second kappa shape index (κ2) is 8.11. The van der Waals surface area contributed by atoms with Gasteiger partial charge in [-0.05, 0) is 24.3 Å². The molecule has 2 aromatic carbocycles. The number of non-ortho nitro benzene ring substituents is 1. The summed E-state index contributed by atoms with van der Waals surface area (Å²) in [6.45, 7) is 1.42. The van der Waals surface area contributed by atoms with E-state index in [4.69, 9.17) is 0 Å². The number of hydrogen-bond donors (Lipinski definition) is 2. The maximum absolute atomic E-state index is 12.0. The van der Waals surface area contributed by atoms with Crippen molar-refractivity contribution in [1.29, 1.82) is 0 Å². The summed E-state index contributed by atoms with van der Waals surface area (Å²) in [7, 11) is 0. The number of anilines is 2. The lowest BCUT2D eigenvalue weighted by molar-refractivity contribution is -0.384. The summed E-state index contributed by atoms with van der Waals surface area (Å²) in [5.41, 5.74) is 1.10. The highest BCUT2D eigenvalue weighted by molar-refractivity contribution is 8.00. The fourth-order valence-corrected chi connectivity index (χ4v) is 2.70. The van der Waals surface area contributed by atoms with E-state index in [2.05, 4.69) is 10.6 Å². The molecule has 0 aliphatic carbocycles. The molecular weight excluding hydrogens is 330 g/mol. The Balaban J connectivity index is 1.94. The minimum Gasteiger partial charge on any atom is -0.325 e. The molecule has 0 unspecified atom stereocenters. The van der Waals surface area contributed by atoms with Gasteiger partial charge in [-0.15, -0.1) is 11.8 Å². The SMILES string of the molecule is CC(=O)Nc1ccccc1SCC(=O)Nc1ccc([N+](=O)[O-])cc1. The first-order valence-electron chi connectivity index (χ1n) is 6.99. The van der Waals surface area contributed by atoms with Gasteiger partial charge >= 0.3 is 0 Å². The standard InChI is InChI=1S/C16H15N3O4S/c1-11(20)17-14-4-2-3-5-15(14)24-10-16(21)18-12-6-8-13(9-7-12)19(22)23/h2-9H,10H2,1H3,(H,17,20)(H,18,21). The molecule has 2 N–H and O–H groups in total. The average molecular weight is 345 g/mol. The lowest BCUT2D eigenvalue weighted by Crippen LogP contribution is -2.14. The van der Waals surface area contributed by atoms with Gasteiger partial charge in [0.1, 0.15) is 0 Å². The first-order valence-corrected chi connectivity index (χ1v) is 7.98. The number of nitrogens with zero attached hydrogens (tertiary/aromatic N) is 1. The number of benzene rings is 2. The number of para-hydroxylation sites is 1. The number of amides is 2. The van der Waals surface area contributed by atoms with Gasteiger partial charge in [-0.1, -0.05) is 12.1 Å². The molecule has 0 atom stereocenters. The Labute approximate surface area is 142 Å². The molecule has 0 heterocycles. The highest BCUT2D eigenvalue weighted by Crippen LogP contribution is 2.27. The molecule has 8 heteroatoms. The summed E-state index contributed by atoms with van der Waals surface area (Å²) in [5, 5.41) is 16.0. The van der Waals surface area contributed by atoms with E-state index in [0.29, 0.717) is 11.4 Å². The average Bonchev–Trinajstić information content (AvgIpc) is 2.54. The van der Waals surface area contributed by atoms with Crippen LogP contribution < -0.4 is 10.6 Å². The molecule has 2 amide bonds. The van der Waals surface area contributed by atoms with E-state index in [-0.39, 0.29) is 23.3 Å². The zero-order chi connectivity index (χ0) is 17.5. The number of nitro groups is 1. The number of hydrogen-bond acceptors (Lipinski definition) is 5. The largest absolute Gasteiger partial charge is 0.325 e. The minimum absolute atomic E-state index is 0.0355. The van der Waals surface area contributed by atoms with Crippen LogP contribution >= 0.6 is 11.8 Å². The summed E-state index contributed by atoms with van der Waals surface area (Å²) in [6.07, 6.45) is 0. The summed E-state index contributed by atoms with van der Waals surface area (Å²) in [4.78, 5) is 34.0. The molecule has 0 saturated heterocycles. The Bertz CT molecular complexity index is 762. The summed E-state index contributed by atoms with van der Waals surface area (Å²) in [6, 6.07) is 12.8. The van der Waals surface area contributed by atoms with Crippen LogP contribution in [0, 0.1) is 10.1 Å². The van der Waals surface area contributed by atoms with Gasteiger partial charge in [0, 0.05) is 29.6 Å². The molecule has 0 saturated carbocycles. The minimum atomic E-state index is -0.500. The van der Waals surface area contributed by atoms with Crippen LogP contribution in [0.1, 0.15) is 6.92 Å². The fourth-order valence-electron chi connectivity index (χ4n) is 1.89. The maximum Gasteiger partial charge on any atom is 0.269 e. The van der Waals surface area contributed by atoms with Gasteiger partial charge in [-0.3, -0.25) is 19.7 Å². The number of thioether (sulfide) groups is 1. The van der Waals surface area contributed by atoms with Crippen molar-refractivity contribution < 1.29 is 14.5 Å². The van der Waals surface area contributed by atoms with Crippen LogP contribution in [-0.4, -0.2) is 22.5 Å². The van der Waals surface area contributed by atoms with Gasteiger partial charge in [-0.25, -0.2) is 0 Å². The van der Waals surface area contributed by atoms with Gasteiger partial charge in [0.2, 0.25) is 11.8 Å². The van der Waals surface area contributed by atoms with Crippen LogP contribution in [0.25, 0.3) is 0 Å². The van der Waals surface area contributed by atoms with Crippen molar-refractivity contribution in [2.75, 3.05) is 16.4 Å². The smallest absolute Gasteiger partial charge is 0.269 e. The molecule has 124 valence electrons. The monoisotopic (exact) mass is 345 g/mol. The highest BCUT2D eigenvalue weighted by atomic mass is 32.2. The van der Waals surface area contributed by atoms with E-state index in [0.717, 1.165) is 4.90 Å². The molecular formula is C16H15N3O4S. The summed E-state index contributed by atoms with van der Waals surface area (Å²) >= 11 is 1.29. The molecule has 0 radical (unpaired) electrons. The maximum atomic E-state index is 12.0. The fraction of sp³-hybridized carbons (Fsp3) is 0.125. The van der Waals surface area contributed by atoms with Crippen molar-refractivity contribution in [2.24, 2.45) is 0 Å². The molecule has 2 aromatic rings. The summed E-state index contributed by atoms with van der Waals surface area (Å²) in [5.74, 6) is -0.280. The quantitative estimate of drug-likeness (QED) is 0.475. The summed E-state index contributed by atoms with van der Waals surface area (Å²) < 4.78 is 0. The van der Waals surface area contributed by atoms with Crippen LogP contribution in [0.3, 0.4) is 0 Å². The van der Waals surface area contributed by atoms with Crippen molar-refractivity contribution in [3.8, 4) is 0 Å². The van der Waals surface area contributed by atoms with Crippen molar-refractivity contribution in [3.63, 3.8) is 0 Å². The Morgan fingerprint density at radius 1 is 1.08 bits per heavy atom. The van der Waals surface area contributed by atoms with Crippen LogP contribution in [-0.2, 0) is 9.59 Å². The van der Waals surface area contributed by atoms with Gasteiger partial charge in [0.05, 0.1) is 16.4 Å². The highest BCUT2D eigenvalue weighted by Gasteiger charge is 2.09. The first-order chi connectivity index (χ1) is 11.5. The Morgan fingerprint density at radius 2 is 1.75 bits per heavy atom. The van der Waals surface area contributed by atoms with E-state index in [9.17, 15) is 19.7 Å². The number of carbonyl (C=O) groups excluding carboxylic acids is 2. The predicted molar refractivity (Wildman–Crippen MR) is 93.2 cm³/mol. The Morgan fingerprint density at radius 3 is 2.38 bits per heavy atom. The van der Waals surface area contributed by atoms with Crippen LogP contribution in [0.2, 0.25) is 0 Å². The van der Waals surface area contributed by atoms with Gasteiger partial charge in [0.25, 0.3) is 5.69 Å². The second-order valence-corrected chi connectivity index (χ2v) is 5.84. The van der Waals surface area contributed by atoms with Gasteiger partial charge < -0.3 is 10.6 Å². The topological polar surface area (TPSA) is 101 Å². The van der Waals surface area contributed by atoms with E-state index >= 15 is 0 Å². The molecule has 0 bridgehead atoms. The van der Waals surface area contributed by atoms with Gasteiger partial charge in [-0.2, -0.15) is 0 Å². The van der Waals surface area contributed by atoms with Crippen LogP contribution in [0.4, 0.5) is 17.1 Å². The predicted octanol–water partition coefficient (Wildman–Crippen LogP) is 3.28. The number of nitro benzene ring substituents is 1. The van der Waals surface area contributed by atoms with Crippen molar-refractivity contribution >= 4 is 40.6 Å². The Hall–Kier alpha value is -2.87. The van der Waals surface area contributed by atoms with Crippen molar-refractivity contribution in [1.82, 2.24) is 0 Å². The lowest BCUT2D eigenvalue weighted by atomic mass is 10.3. The molecule has 0 aliphatic heterocycles. The van der Waals surface area contributed by atoms with E-state index in [1.165, 1.54) is 43.0 Å². The lowest BCUT2D eigenvalue weighted by Gasteiger charge is -2.09. The molecule has 7 nitrogen and oxygen atoms in total. The third-order valence-electron chi connectivity index (χ3n) is 2.92. The Kier molecular flexibility index (Phi) is 5.91. The second-order valence-electron chi connectivity index (χ2n) is 4.82. The molecule has 0 spiro atoms. The molecule has 0 aromatic heterocycles. The van der Waals surface area contributed by atoms with Crippen molar-refractivity contribution in [3.05, 3.63) is 58.6 Å². The molecule has 0 fully saturated rings. The zero-order valence-corrected chi connectivity index (χ0v) is 13.6. The zero-order valence-electron chi connectivity index (χ0n) is 12.8. The van der Waals surface area contributed by atoms with E-state index in [1.54, 1.807) is 12.1 Å². The number of rotatable bonds is 6. The third kappa shape index (κ3) is 5.10. The van der Waals surface area contributed by atoms with Gasteiger partial charge in [0.15, 0.2) is 0 Å². The normalized spacial score (nSPS) is 10.0. The van der Waals surface area contributed by atoms with Crippen LogP contribution in [0.5, 0.6) is 0 Å². The molecule has 0 aliphatic rings. The molecule has 2 rings (SSSR count). The third-order valence-corrected chi connectivity index (χ3v) is 3.99. The molecule has 24 heavy (non-hydrogen) atoms. The van der Waals surface area contributed by atoms with Crippen LogP contribution in [0.15, 0.2) is 53.4 Å². The number of nitrogens with one attached hydrogen (secondary N) is 2.